The number of rotatable bonds is 6. The predicted octanol–water partition coefficient (Wildman–Crippen LogP) is 4.95. The Bertz CT molecular complexity index is 708. The first kappa shape index (κ1) is 19.1. The highest BCUT2D eigenvalue weighted by atomic mass is 32.1. The fourth-order valence-corrected chi connectivity index (χ4v) is 4.47. The number of amides is 1. The van der Waals surface area contributed by atoms with Gasteiger partial charge in [-0.3, -0.25) is 4.79 Å². The van der Waals surface area contributed by atoms with Gasteiger partial charge in [-0.1, -0.05) is 49.7 Å². The minimum Gasteiger partial charge on any atom is -0.378 e. The lowest BCUT2D eigenvalue weighted by Gasteiger charge is -2.43. The number of ether oxygens (including phenoxy) is 1. The third kappa shape index (κ3) is 4.36. The highest BCUT2D eigenvalue weighted by molar-refractivity contribution is 7.12. The maximum Gasteiger partial charge on any atom is 0.261 e. The molecule has 1 saturated heterocycles. The van der Waals surface area contributed by atoms with Gasteiger partial charge < -0.3 is 10.1 Å². The van der Waals surface area contributed by atoms with E-state index < -0.39 is 0 Å². The summed E-state index contributed by atoms with van der Waals surface area (Å²) in [6.45, 7) is 8.06. The predicted molar refractivity (Wildman–Crippen MR) is 108 cm³/mol. The topological polar surface area (TPSA) is 38.3 Å². The Balaban J connectivity index is 1.74. The summed E-state index contributed by atoms with van der Waals surface area (Å²) >= 11 is 1.49. The molecule has 0 radical (unpaired) electrons. The summed E-state index contributed by atoms with van der Waals surface area (Å²) in [5.41, 5.74) is 2.73. The molecule has 1 fully saturated rings. The molecule has 1 aliphatic heterocycles. The molecule has 0 spiro atoms. The van der Waals surface area contributed by atoms with Gasteiger partial charge in [0.15, 0.2) is 0 Å². The highest BCUT2D eigenvalue weighted by Gasteiger charge is 2.39. The monoisotopic (exact) mass is 371 g/mol. The van der Waals surface area contributed by atoms with Crippen molar-refractivity contribution >= 4 is 17.2 Å². The molecule has 0 bridgehead atoms. The van der Waals surface area contributed by atoms with Crippen molar-refractivity contribution in [2.45, 2.75) is 51.6 Å². The molecule has 26 heavy (non-hydrogen) atoms. The van der Waals surface area contributed by atoms with Crippen molar-refractivity contribution in [3.63, 3.8) is 0 Å². The molecule has 1 aromatic heterocycles. The van der Waals surface area contributed by atoms with E-state index in [4.69, 9.17) is 4.74 Å². The summed E-state index contributed by atoms with van der Waals surface area (Å²) in [6, 6.07) is 12.7. The number of benzene rings is 1. The summed E-state index contributed by atoms with van der Waals surface area (Å²) in [5, 5.41) is 5.05. The van der Waals surface area contributed by atoms with Crippen molar-refractivity contribution in [3.8, 4) is 0 Å². The van der Waals surface area contributed by atoms with E-state index >= 15 is 0 Å². The van der Waals surface area contributed by atoms with E-state index in [1.165, 1.54) is 22.5 Å². The first-order chi connectivity index (χ1) is 12.5. The van der Waals surface area contributed by atoms with E-state index in [1.807, 2.05) is 17.5 Å². The molecule has 1 aliphatic rings. The molecule has 2 unspecified atom stereocenters. The summed E-state index contributed by atoms with van der Waals surface area (Å²) in [5.74, 6) is 0.535. The zero-order valence-corrected chi connectivity index (χ0v) is 16.8. The van der Waals surface area contributed by atoms with Crippen LogP contribution in [-0.2, 0) is 10.2 Å². The second-order valence-electron chi connectivity index (χ2n) is 7.74. The quantitative estimate of drug-likeness (QED) is 0.780. The standard InChI is InChI=1S/C22H29NO2S/c1-16(2)19-15-22(11-13-25-19,18-8-6-17(3)7-9-18)10-12-23-21(24)20-5-4-14-26-20/h4-9,14,16,19H,10-13,15H2,1-3H3,(H,23,24). The number of hydrogen-bond donors (Lipinski definition) is 1. The lowest BCUT2D eigenvalue weighted by molar-refractivity contribution is -0.0468. The molecule has 0 saturated carbocycles. The van der Waals surface area contributed by atoms with Crippen LogP contribution in [0.1, 0.15) is 53.9 Å². The average molecular weight is 372 g/mol. The lowest BCUT2D eigenvalue weighted by Crippen LogP contribution is -2.43. The van der Waals surface area contributed by atoms with Gasteiger partial charge in [0.05, 0.1) is 11.0 Å². The van der Waals surface area contributed by atoms with Crippen LogP contribution < -0.4 is 5.32 Å². The first-order valence-electron chi connectivity index (χ1n) is 9.51. The second kappa shape index (κ2) is 8.36. The number of carbonyl (C=O) groups is 1. The van der Waals surface area contributed by atoms with Crippen LogP contribution in [0.5, 0.6) is 0 Å². The van der Waals surface area contributed by atoms with Crippen LogP contribution in [0, 0.1) is 12.8 Å². The third-order valence-electron chi connectivity index (χ3n) is 5.55. The first-order valence-corrected chi connectivity index (χ1v) is 10.4. The SMILES string of the molecule is Cc1ccc(C2(CCNC(=O)c3cccs3)CCOC(C(C)C)C2)cc1. The van der Waals surface area contributed by atoms with Gasteiger partial charge in [0.2, 0.25) is 0 Å². The number of nitrogens with one attached hydrogen (secondary N) is 1. The van der Waals surface area contributed by atoms with E-state index in [0.717, 1.165) is 30.7 Å². The normalized spacial score (nSPS) is 23.2. The Morgan fingerprint density at radius 3 is 2.73 bits per heavy atom. The zero-order chi connectivity index (χ0) is 18.6. The molecule has 2 heterocycles. The molecular formula is C22H29NO2S. The summed E-state index contributed by atoms with van der Waals surface area (Å²) in [7, 11) is 0. The van der Waals surface area contributed by atoms with Crippen LogP contribution >= 0.6 is 11.3 Å². The van der Waals surface area contributed by atoms with Gasteiger partial charge >= 0.3 is 0 Å². The molecular weight excluding hydrogens is 342 g/mol. The second-order valence-corrected chi connectivity index (χ2v) is 8.68. The molecule has 2 atom stereocenters. The molecule has 1 N–H and O–H groups in total. The van der Waals surface area contributed by atoms with Gasteiger partial charge in [-0.25, -0.2) is 0 Å². The molecule has 140 valence electrons. The molecule has 0 aliphatic carbocycles. The molecule has 3 rings (SSSR count). The molecule has 4 heteroatoms. The van der Waals surface area contributed by atoms with Crippen LogP contribution in [0.4, 0.5) is 0 Å². The van der Waals surface area contributed by atoms with Crippen LogP contribution in [-0.4, -0.2) is 25.2 Å². The fourth-order valence-electron chi connectivity index (χ4n) is 3.83. The summed E-state index contributed by atoms with van der Waals surface area (Å²) < 4.78 is 6.04. The van der Waals surface area contributed by atoms with Gasteiger partial charge in [0.1, 0.15) is 0 Å². The molecule has 2 aromatic rings. The van der Waals surface area contributed by atoms with Gasteiger partial charge in [-0.05, 0) is 49.1 Å². The minimum absolute atomic E-state index is 0.0338. The Labute approximate surface area is 160 Å². The van der Waals surface area contributed by atoms with Crippen LogP contribution in [0.3, 0.4) is 0 Å². The van der Waals surface area contributed by atoms with Crippen molar-refractivity contribution in [1.29, 1.82) is 0 Å². The van der Waals surface area contributed by atoms with Crippen molar-refractivity contribution in [3.05, 3.63) is 57.8 Å². The summed E-state index contributed by atoms with van der Waals surface area (Å²) in [6.07, 6.45) is 3.24. The molecule has 1 amide bonds. The van der Waals surface area contributed by atoms with E-state index in [1.54, 1.807) is 0 Å². The number of thiophene rings is 1. The molecule has 3 nitrogen and oxygen atoms in total. The smallest absolute Gasteiger partial charge is 0.261 e. The fraction of sp³-hybridized carbons (Fsp3) is 0.500. The van der Waals surface area contributed by atoms with Crippen molar-refractivity contribution in [1.82, 2.24) is 5.32 Å². The Morgan fingerprint density at radius 1 is 1.31 bits per heavy atom. The van der Waals surface area contributed by atoms with E-state index in [9.17, 15) is 4.79 Å². The highest BCUT2D eigenvalue weighted by Crippen LogP contribution is 2.41. The molecule has 1 aromatic carbocycles. The van der Waals surface area contributed by atoms with Gasteiger partial charge in [-0.15, -0.1) is 11.3 Å². The van der Waals surface area contributed by atoms with Gasteiger partial charge in [0.25, 0.3) is 5.91 Å². The number of aryl methyl sites for hydroxylation is 1. The third-order valence-corrected chi connectivity index (χ3v) is 6.41. The van der Waals surface area contributed by atoms with E-state index in [2.05, 4.69) is 50.4 Å². The van der Waals surface area contributed by atoms with Gasteiger partial charge in [0, 0.05) is 18.6 Å². The summed E-state index contributed by atoms with van der Waals surface area (Å²) in [4.78, 5) is 13.1. The van der Waals surface area contributed by atoms with Crippen LogP contribution in [0.2, 0.25) is 0 Å². The Kier molecular flexibility index (Phi) is 6.15. The minimum atomic E-state index is 0.0338. The zero-order valence-electron chi connectivity index (χ0n) is 16.0. The van der Waals surface area contributed by atoms with Crippen molar-refractivity contribution in [2.75, 3.05) is 13.2 Å². The van der Waals surface area contributed by atoms with Crippen LogP contribution in [0.25, 0.3) is 0 Å². The van der Waals surface area contributed by atoms with Gasteiger partial charge in [-0.2, -0.15) is 0 Å². The number of carbonyl (C=O) groups excluding carboxylic acids is 1. The lowest BCUT2D eigenvalue weighted by atomic mass is 9.68. The largest absolute Gasteiger partial charge is 0.378 e. The van der Waals surface area contributed by atoms with E-state index in [0.29, 0.717) is 12.5 Å². The van der Waals surface area contributed by atoms with E-state index in [-0.39, 0.29) is 17.4 Å². The maximum atomic E-state index is 12.3. The van der Waals surface area contributed by atoms with Crippen molar-refractivity contribution in [2.24, 2.45) is 5.92 Å². The van der Waals surface area contributed by atoms with Crippen molar-refractivity contribution < 1.29 is 9.53 Å². The van der Waals surface area contributed by atoms with Crippen LogP contribution in [0.15, 0.2) is 41.8 Å². The Hall–Kier alpha value is -1.65. The average Bonchev–Trinajstić information content (AvgIpc) is 3.17. The number of hydrogen-bond acceptors (Lipinski definition) is 3. The maximum absolute atomic E-state index is 12.3. The Morgan fingerprint density at radius 2 is 2.08 bits per heavy atom.